The largest absolute Gasteiger partial charge is 0.486 e. The Labute approximate surface area is 161 Å². The molecule has 1 saturated heterocycles. The fourth-order valence-electron chi connectivity index (χ4n) is 5.48. The van der Waals surface area contributed by atoms with E-state index in [0.717, 1.165) is 56.7 Å². The molecule has 144 valence electrons. The standard InChI is InChI=1S/C23H29NO3/c1-15-5-6-17-14-20(22(25)19(17)13-15)24-9-7-16(8-10-24)18-3-2-4-21-23(18)27-12-11-26-21/h2-4,13,16-17,20,22,25H,1,5-12,14H2. The fraction of sp³-hybridized carbons (Fsp3) is 0.565. The number of nitrogens with zero attached hydrogens (tertiary/aromatic N) is 1. The smallest absolute Gasteiger partial charge is 0.164 e. The van der Waals surface area contributed by atoms with Crippen molar-refractivity contribution in [2.45, 2.75) is 50.2 Å². The van der Waals surface area contributed by atoms with Crippen LogP contribution in [0, 0.1) is 5.92 Å². The summed E-state index contributed by atoms with van der Waals surface area (Å²) in [5, 5.41) is 10.9. The summed E-state index contributed by atoms with van der Waals surface area (Å²) in [5.74, 6) is 2.92. The Balaban J connectivity index is 1.28. The number of hydrogen-bond acceptors (Lipinski definition) is 4. The molecule has 2 fully saturated rings. The van der Waals surface area contributed by atoms with E-state index in [2.05, 4.69) is 29.7 Å². The van der Waals surface area contributed by atoms with Crippen LogP contribution in [0.5, 0.6) is 11.5 Å². The minimum Gasteiger partial charge on any atom is -0.486 e. The molecule has 3 atom stereocenters. The average Bonchev–Trinajstić information content (AvgIpc) is 3.04. The van der Waals surface area contributed by atoms with Gasteiger partial charge in [0.2, 0.25) is 0 Å². The molecule has 4 nitrogen and oxygen atoms in total. The number of rotatable bonds is 2. The number of piperidine rings is 1. The molecule has 5 rings (SSSR count). The molecular weight excluding hydrogens is 338 g/mol. The Morgan fingerprint density at radius 2 is 1.85 bits per heavy atom. The number of benzene rings is 1. The summed E-state index contributed by atoms with van der Waals surface area (Å²) in [4.78, 5) is 2.52. The molecule has 1 N–H and O–H groups in total. The summed E-state index contributed by atoms with van der Waals surface area (Å²) < 4.78 is 11.7. The molecule has 27 heavy (non-hydrogen) atoms. The predicted molar refractivity (Wildman–Crippen MR) is 105 cm³/mol. The predicted octanol–water partition coefficient (Wildman–Crippen LogP) is 3.66. The second-order valence-corrected chi connectivity index (χ2v) is 8.47. The molecule has 1 aromatic rings. The molecule has 4 aliphatic rings. The lowest BCUT2D eigenvalue weighted by atomic mass is 9.87. The van der Waals surface area contributed by atoms with E-state index >= 15 is 0 Å². The fourth-order valence-corrected chi connectivity index (χ4v) is 5.48. The van der Waals surface area contributed by atoms with Crippen LogP contribution in [0.4, 0.5) is 0 Å². The van der Waals surface area contributed by atoms with Crippen LogP contribution in [0.2, 0.25) is 0 Å². The van der Waals surface area contributed by atoms with Gasteiger partial charge in [0.25, 0.3) is 0 Å². The maximum atomic E-state index is 10.9. The minimum atomic E-state index is -0.315. The van der Waals surface area contributed by atoms with E-state index in [-0.39, 0.29) is 12.1 Å². The number of ether oxygens (including phenoxy) is 2. The maximum absolute atomic E-state index is 10.9. The van der Waals surface area contributed by atoms with Crippen molar-refractivity contribution in [2.24, 2.45) is 5.92 Å². The second kappa shape index (κ2) is 6.99. The third-order valence-electron chi connectivity index (χ3n) is 6.92. The molecule has 1 aromatic carbocycles. The van der Waals surface area contributed by atoms with Crippen molar-refractivity contribution in [2.75, 3.05) is 26.3 Å². The molecule has 0 spiro atoms. The Morgan fingerprint density at radius 1 is 1.04 bits per heavy atom. The molecule has 1 saturated carbocycles. The van der Waals surface area contributed by atoms with Gasteiger partial charge in [0, 0.05) is 11.6 Å². The molecule has 0 aromatic heterocycles. The Morgan fingerprint density at radius 3 is 2.70 bits per heavy atom. The molecule has 2 aliphatic heterocycles. The normalized spacial score (nSPS) is 31.5. The Bertz CT molecular complexity index is 763. The number of fused-ring (bicyclic) bond motifs is 2. The third kappa shape index (κ3) is 3.09. The van der Waals surface area contributed by atoms with Crippen molar-refractivity contribution in [3.05, 3.63) is 47.6 Å². The molecule has 0 bridgehead atoms. The lowest BCUT2D eigenvalue weighted by molar-refractivity contribution is 0.0683. The molecule has 0 amide bonds. The van der Waals surface area contributed by atoms with Gasteiger partial charge in [0.05, 0.1) is 6.10 Å². The van der Waals surface area contributed by atoms with E-state index in [9.17, 15) is 5.11 Å². The number of allylic oxidation sites excluding steroid dienone is 2. The van der Waals surface area contributed by atoms with Crippen molar-refractivity contribution in [3.8, 4) is 11.5 Å². The number of hydrogen-bond donors (Lipinski definition) is 1. The summed E-state index contributed by atoms with van der Waals surface area (Å²) >= 11 is 0. The first-order chi connectivity index (χ1) is 13.2. The van der Waals surface area contributed by atoms with Crippen LogP contribution in [0.3, 0.4) is 0 Å². The van der Waals surface area contributed by atoms with Crippen molar-refractivity contribution < 1.29 is 14.6 Å². The van der Waals surface area contributed by atoms with Crippen LogP contribution in [-0.2, 0) is 0 Å². The third-order valence-corrected chi connectivity index (χ3v) is 6.92. The molecule has 0 radical (unpaired) electrons. The summed E-state index contributed by atoms with van der Waals surface area (Å²) in [6.07, 6.45) is 7.41. The highest BCUT2D eigenvalue weighted by atomic mass is 16.6. The monoisotopic (exact) mass is 367 g/mol. The van der Waals surface area contributed by atoms with Crippen LogP contribution >= 0.6 is 0 Å². The van der Waals surface area contributed by atoms with Crippen LogP contribution in [0.1, 0.15) is 43.6 Å². The van der Waals surface area contributed by atoms with E-state index in [4.69, 9.17) is 9.47 Å². The average molecular weight is 367 g/mol. The number of aliphatic hydroxyl groups is 1. The highest BCUT2D eigenvalue weighted by Gasteiger charge is 2.42. The zero-order valence-corrected chi connectivity index (χ0v) is 15.9. The van der Waals surface area contributed by atoms with E-state index in [1.165, 1.54) is 16.7 Å². The van der Waals surface area contributed by atoms with Crippen LogP contribution in [0.25, 0.3) is 0 Å². The minimum absolute atomic E-state index is 0.275. The zero-order chi connectivity index (χ0) is 18.4. The second-order valence-electron chi connectivity index (χ2n) is 8.47. The topological polar surface area (TPSA) is 41.9 Å². The van der Waals surface area contributed by atoms with Crippen molar-refractivity contribution in [1.29, 1.82) is 0 Å². The summed E-state index contributed by atoms with van der Waals surface area (Å²) in [6.45, 7) is 7.46. The van der Waals surface area contributed by atoms with Gasteiger partial charge in [-0.3, -0.25) is 4.90 Å². The Kier molecular flexibility index (Phi) is 4.49. The lowest BCUT2D eigenvalue weighted by Crippen LogP contribution is -2.45. The molecule has 2 aliphatic carbocycles. The first kappa shape index (κ1) is 17.3. The Hall–Kier alpha value is -1.78. The van der Waals surface area contributed by atoms with E-state index in [1.54, 1.807) is 0 Å². The maximum Gasteiger partial charge on any atom is 0.164 e. The van der Waals surface area contributed by atoms with E-state index < -0.39 is 0 Å². The zero-order valence-electron chi connectivity index (χ0n) is 15.9. The van der Waals surface area contributed by atoms with E-state index in [1.807, 2.05) is 6.07 Å². The van der Waals surface area contributed by atoms with Crippen LogP contribution < -0.4 is 9.47 Å². The molecule has 4 heteroatoms. The van der Waals surface area contributed by atoms with Crippen molar-refractivity contribution >= 4 is 0 Å². The van der Waals surface area contributed by atoms with Gasteiger partial charge in [-0.25, -0.2) is 0 Å². The molecule has 3 unspecified atom stereocenters. The quantitative estimate of drug-likeness (QED) is 0.866. The van der Waals surface area contributed by atoms with Gasteiger partial charge in [-0.05, 0) is 68.7 Å². The van der Waals surface area contributed by atoms with Crippen molar-refractivity contribution in [1.82, 2.24) is 4.90 Å². The summed E-state index contributed by atoms with van der Waals surface area (Å²) in [6, 6.07) is 6.56. The van der Waals surface area contributed by atoms with Crippen LogP contribution in [-0.4, -0.2) is 48.5 Å². The number of aliphatic hydroxyl groups excluding tert-OH is 1. The number of likely N-dealkylation sites (tertiary alicyclic amines) is 1. The van der Waals surface area contributed by atoms with E-state index in [0.29, 0.717) is 25.0 Å². The van der Waals surface area contributed by atoms with Gasteiger partial charge in [0.15, 0.2) is 11.5 Å². The van der Waals surface area contributed by atoms with Gasteiger partial charge < -0.3 is 14.6 Å². The van der Waals surface area contributed by atoms with Crippen molar-refractivity contribution in [3.63, 3.8) is 0 Å². The lowest BCUT2D eigenvalue weighted by Gasteiger charge is -2.38. The van der Waals surface area contributed by atoms with Crippen LogP contribution in [0.15, 0.2) is 42.0 Å². The SMILES string of the molecule is C=C1C=C2C(CC1)CC(N1CCC(c3cccc4c3OCCO4)CC1)C2O. The molecular formula is C23H29NO3. The van der Waals surface area contributed by atoms with Gasteiger partial charge in [0.1, 0.15) is 13.2 Å². The first-order valence-corrected chi connectivity index (χ1v) is 10.4. The van der Waals surface area contributed by atoms with Gasteiger partial charge in [-0.1, -0.05) is 30.4 Å². The van der Waals surface area contributed by atoms with Gasteiger partial charge in [-0.2, -0.15) is 0 Å². The van der Waals surface area contributed by atoms with Gasteiger partial charge in [-0.15, -0.1) is 0 Å². The first-order valence-electron chi connectivity index (χ1n) is 10.4. The molecule has 2 heterocycles. The summed E-state index contributed by atoms with van der Waals surface area (Å²) in [7, 11) is 0. The highest BCUT2D eigenvalue weighted by Crippen LogP contribution is 2.45. The summed E-state index contributed by atoms with van der Waals surface area (Å²) in [5.41, 5.74) is 3.71. The highest BCUT2D eigenvalue weighted by molar-refractivity contribution is 5.49. The number of para-hydroxylation sites is 1. The van der Waals surface area contributed by atoms with Gasteiger partial charge >= 0.3 is 0 Å².